The van der Waals surface area contributed by atoms with Gasteiger partial charge in [-0.25, -0.2) is 4.79 Å². The lowest BCUT2D eigenvalue weighted by atomic mass is 10.1. The van der Waals surface area contributed by atoms with Gasteiger partial charge in [0.25, 0.3) is 0 Å². The Hall–Kier alpha value is -1.01. The van der Waals surface area contributed by atoms with E-state index in [4.69, 9.17) is 4.74 Å². The Morgan fingerprint density at radius 2 is 1.55 bits per heavy atom. The van der Waals surface area contributed by atoms with Crippen LogP contribution < -0.4 is 0 Å². The van der Waals surface area contributed by atoms with Crippen LogP contribution in [0.25, 0.3) is 0 Å². The van der Waals surface area contributed by atoms with Crippen LogP contribution in [0.2, 0.25) is 16.6 Å². The molecular formula is C19H34O2Si. The van der Waals surface area contributed by atoms with Gasteiger partial charge in [0.1, 0.15) is 8.07 Å². The third kappa shape index (κ3) is 6.00. The first-order valence-corrected chi connectivity index (χ1v) is 10.8. The second-order valence-corrected chi connectivity index (χ2v) is 12.5. The highest BCUT2D eigenvalue weighted by Gasteiger charge is 2.41. The molecule has 0 bridgehead atoms. The Labute approximate surface area is 138 Å². The van der Waals surface area contributed by atoms with Crippen molar-refractivity contribution in [2.24, 2.45) is 5.92 Å². The molecule has 0 aromatic rings. The minimum atomic E-state index is -1.64. The van der Waals surface area contributed by atoms with Gasteiger partial charge in [0.2, 0.25) is 0 Å². The molecule has 0 saturated carbocycles. The van der Waals surface area contributed by atoms with Gasteiger partial charge >= 0.3 is 5.97 Å². The summed E-state index contributed by atoms with van der Waals surface area (Å²) in [5.41, 5.74) is 5.70. The maximum atomic E-state index is 11.3. The van der Waals surface area contributed by atoms with Crippen molar-refractivity contribution in [2.75, 3.05) is 6.61 Å². The molecule has 0 aliphatic heterocycles. The van der Waals surface area contributed by atoms with Crippen LogP contribution in [0.5, 0.6) is 0 Å². The first-order valence-electron chi connectivity index (χ1n) is 8.54. The van der Waals surface area contributed by atoms with E-state index in [1.807, 2.05) is 13.0 Å². The maximum absolute atomic E-state index is 11.3. The molecule has 0 rings (SSSR count). The molecule has 0 aromatic heterocycles. The number of esters is 1. The molecule has 0 saturated heterocycles. The molecule has 0 aliphatic carbocycles. The summed E-state index contributed by atoms with van der Waals surface area (Å²) in [6.07, 6.45) is 4.19. The Morgan fingerprint density at radius 1 is 1.05 bits per heavy atom. The number of rotatable bonds is 7. The Kier molecular flexibility index (Phi) is 9.44. The van der Waals surface area contributed by atoms with Crippen molar-refractivity contribution >= 4 is 14.0 Å². The zero-order valence-electron chi connectivity index (χ0n) is 15.7. The van der Waals surface area contributed by atoms with Crippen molar-refractivity contribution in [3.05, 3.63) is 12.2 Å². The maximum Gasteiger partial charge on any atom is 0.330 e. The van der Waals surface area contributed by atoms with Crippen LogP contribution in [0.3, 0.4) is 0 Å². The first-order chi connectivity index (χ1) is 10.2. The fourth-order valence-electron chi connectivity index (χ4n) is 3.30. The van der Waals surface area contributed by atoms with Crippen LogP contribution >= 0.6 is 0 Å². The van der Waals surface area contributed by atoms with Gasteiger partial charge in [-0.3, -0.25) is 0 Å². The van der Waals surface area contributed by atoms with E-state index < -0.39 is 8.07 Å². The van der Waals surface area contributed by atoms with Crippen molar-refractivity contribution in [3.8, 4) is 11.5 Å². The number of hydrogen-bond donors (Lipinski definition) is 0. The van der Waals surface area contributed by atoms with Crippen LogP contribution in [-0.4, -0.2) is 20.7 Å². The van der Waals surface area contributed by atoms with Crippen molar-refractivity contribution in [2.45, 2.75) is 78.4 Å². The van der Waals surface area contributed by atoms with E-state index in [1.54, 1.807) is 0 Å². The van der Waals surface area contributed by atoms with Gasteiger partial charge in [-0.2, -0.15) is 0 Å². The van der Waals surface area contributed by atoms with Crippen molar-refractivity contribution in [1.82, 2.24) is 0 Å². The minimum absolute atomic E-state index is 0.266. The minimum Gasteiger partial charge on any atom is -0.463 e. The molecule has 3 heteroatoms. The zero-order chi connectivity index (χ0) is 17.3. The normalized spacial score (nSPS) is 13.6. The van der Waals surface area contributed by atoms with Crippen molar-refractivity contribution in [1.29, 1.82) is 0 Å². The molecule has 0 amide bonds. The molecule has 0 aromatic carbocycles. The van der Waals surface area contributed by atoms with Crippen LogP contribution in [0, 0.1) is 17.4 Å². The largest absolute Gasteiger partial charge is 0.463 e. The molecule has 0 spiro atoms. The van der Waals surface area contributed by atoms with Gasteiger partial charge in [-0.1, -0.05) is 54.5 Å². The highest BCUT2D eigenvalue weighted by Crippen LogP contribution is 2.40. The SMILES string of the molecule is CCOC(=O)/C=C/CC(C)C#C[Si](C(C)C)(C(C)C)C(C)C. The predicted octanol–water partition coefficient (Wildman–Crippen LogP) is 5.35. The fraction of sp³-hybridized carbons (Fsp3) is 0.737. The molecule has 0 heterocycles. The second-order valence-electron chi connectivity index (χ2n) is 6.96. The van der Waals surface area contributed by atoms with Gasteiger partial charge in [-0.05, 0) is 30.0 Å². The number of ether oxygens (including phenoxy) is 1. The molecule has 0 radical (unpaired) electrons. The number of hydrogen-bond acceptors (Lipinski definition) is 2. The van der Waals surface area contributed by atoms with E-state index in [2.05, 4.69) is 59.9 Å². The lowest BCUT2D eigenvalue weighted by Crippen LogP contribution is -2.43. The summed E-state index contributed by atoms with van der Waals surface area (Å²) in [5.74, 6) is 3.49. The van der Waals surface area contributed by atoms with Crippen LogP contribution in [0.4, 0.5) is 0 Å². The topological polar surface area (TPSA) is 26.3 Å². The highest BCUT2D eigenvalue weighted by molar-refractivity contribution is 6.90. The first kappa shape index (κ1) is 21.0. The second kappa shape index (κ2) is 9.89. The van der Waals surface area contributed by atoms with E-state index in [-0.39, 0.29) is 11.9 Å². The molecule has 0 N–H and O–H groups in total. The van der Waals surface area contributed by atoms with Gasteiger partial charge < -0.3 is 4.74 Å². The van der Waals surface area contributed by atoms with Crippen molar-refractivity contribution in [3.63, 3.8) is 0 Å². The van der Waals surface area contributed by atoms with Gasteiger partial charge in [0, 0.05) is 12.0 Å². The van der Waals surface area contributed by atoms with E-state index in [9.17, 15) is 4.79 Å². The van der Waals surface area contributed by atoms with E-state index >= 15 is 0 Å². The Balaban J connectivity index is 4.96. The smallest absolute Gasteiger partial charge is 0.330 e. The molecule has 0 fully saturated rings. The molecule has 2 nitrogen and oxygen atoms in total. The molecule has 0 aliphatic rings. The van der Waals surface area contributed by atoms with E-state index in [0.717, 1.165) is 6.42 Å². The number of carbonyl (C=O) groups excluding carboxylic acids is 1. The average Bonchev–Trinajstić information content (AvgIpc) is 2.38. The Morgan fingerprint density at radius 3 is 1.95 bits per heavy atom. The molecule has 126 valence electrons. The number of carbonyl (C=O) groups is 1. The quantitative estimate of drug-likeness (QED) is 0.273. The zero-order valence-corrected chi connectivity index (χ0v) is 16.7. The molecule has 22 heavy (non-hydrogen) atoms. The monoisotopic (exact) mass is 322 g/mol. The number of allylic oxidation sites excluding steroid dienone is 1. The summed E-state index contributed by atoms with van der Waals surface area (Å²) >= 11 is 0. The molecule has 1 unspecified atom stereocenters. The summed E-state index contributed by atoms with van der Waals surface area (Å²) < 4.78 is 4.88. The third-order valence-corrected chi connectivity index (χ3v) is 10.7. The summed E-state index contributed by atoms with van der Waals surface area (Å²) in [6, 6.07) is 0. The summed E-state index contributed by atoms with van der Waals surface area (Å²) in [7, 11) is -1.64. The van der Waals surface area contributed by atoms with Gasteiger partial charge in [-0.15, -0.1) is 11.5 Å². The fourth-order valence-corrected chi connectivity index (χ4v) is 8.66. The summed E-state index contributed by atoms with van der Waals surface area (Å²) in [5, 5.41) is 0. The van der Waals surface area contributed by atoms with Crippen molar-refractivity contribution < 1.29 is 9.53 Å². The lowest BCUT2D eigenvalue weighted by Gasteiger charge is -2.38. The lowest BCUT2D eigenvalue weighted by molar-refractivity contribution is -0.137. The molecule has 1 atom stereocenters. The summed E-state index contributed by atoms with van der Waals surface area (Å²) in [4.78, 5) is 11.3. The third-order valence-electron chi connectivity index (χ3n) is 4.43. The highest BCUT2D eigenvalue weighted by atomic mass is 28.3. The van der Waals surface area contributed by atoms with Crippen LogP contribution in [0.1, 0.15) is 61.8 Å². The van der Waals surface area contributed by atoms with E-state index in [0.29, 0.717) is 23.2 Å². The Bertz CT molecular complexity index is 403. The van der Waals surface area contributed by atoms with E-state index in [1.165, 1.54) is 6.08 Å². The standard InChI is InChI=1S/C19H34O2Si/c1-9-21-19(20)12-10-11-18(8)13-14-22(15(2)3,16(4)5)17(6)7/h10,12,15-18H,9,11H2,1-8H3/b12-10+. The van der Waals surface area contributed by atoms with Crippen LogP contribution in [-0.2, 0) is 9.53 Å². The predicted molar refractivity (Wildman–Crippen MR) is 98.4 cm³/mol. The molecular weight excluding hydrogens is 288 g/mol. The van der Waals surface area contributed by atoms with Crippen LogP contribution in [0.15, 0.2) is 12.2 Å². The van der Waals surface area contributed by atoms with Gasteiger partial charge in [0.15, 0.2) is 0 Å². The average molecular weight is 323 g/mol. The summed E-state index contributed by atoms with van der Waals surface area (Å²) in [6.45, 7) is 18.3. The van der Waals surface area contributed by atoms with Gasteiger partial charge in [0.05, 0.1) is 6.61 Å².